The van der Waals surface area contributed by atoms with Crippen LogP contribution in [-0.4, -0.2) is 61.1 Å². The molecule has 1 fully saturated rings. The summed E-state index contributed by atoms with van der Waals surface area (Å²) in [5.74, 6) is 0.406. The van der Waals surface area contributed by atoms with Crippen molar-refractivity contribution in [3.63, 3.8) is 0 Å². The molecule has 1 amide bonds. The maximum absolute atomic E-state index is 12.2. The van der Waals surface area contributed by atoms with Gasteiger partial charge in [-0.15, -0.1) is 24.0 Å². The lowest BCUT2D eigenvalue weighted by molar-refractivity contribution is -0.116. The zero-order valence-electron chi connectivity index (χ0n) is 17.6. The van der Waals surface area contributed by atoms with Crippen LogP contribution < -0.4 is 16.4 Å². The molecule has 9 heteroatoms. The molecular weight excluding hydrogens is 507 g/mol. The molecule has 31 heavy (non-hydrogen) atoms. The van der Waals surface area contributed by atoms with E-state index in [1.807, 2.05) is 42.5 Å². The molecule has 0 unspecified atom stereocenters. The second kappa shape index (κ2) is 13.9. The predicted molar refractivity (Wildman–Crippen MR) is 134 cm³/mol. The molecule has 2 heterocycles. The monoisotopic (exact) mass is 538 g/mol. The highest BCUT2D eigenvalue weighted by Crippen LogP contribution is 2.12. The van der Waals surface area contributed by atoms with Gasteiger partial charge < -0.3 is 21.1 Å². The second-order valence-electron chi connectivity index (χ2n) is 7.15. The first-order valence-electron chi connectivity index (χ1n) is 10.3. The summed E-state index contributed by atoms with van der Waals surface area (Å²) in [6, 6.07) is 13.5. The number of aliphatic imine (C=N–C) groups is 1. The number of hydrogen-bond donors (Lipinski definition) is 3. The number of carbonyl (C=O) groups excluding carboxylic acids is 1. The maximum atomic E-state index is 12.2. The van der Waals surface area contributed by atoms with Crippen LogP contribution >= 0.6 is 24.0 Å². The van der Waals surface area contributed by atoms with E-state index >= 15 is 0 Å². The van der Waals surface area contributed by atoms with Gasteiger partial charge in [-0.3, -0.25) is 14.7 Å². The lowest BCUT2D eigenvalue weighted by Gasteiger charge is -2.26. The van der Waals surface area contributed by atoms with Crippen LogP contribution in [0, 0.1) is 0 Å². The summed E-state index contributed by atoms with van der Waals surface area (Å²) in [4.78, 5) is 23.1. The fraction of sp³-hybridized carbons (Fsp3) is 0.409. The van der Waals surface area contributed by atoms with E-state index in [-0.39, 0.29) is 29.9 Å². The van der Waals surface area contributed by atoms with Gasteiger partial charge in [-0.25, -0.2) is 4.99 Å². The number of ether oxygens (including phenoxy) is 1. The highest BCUT2D eigenvalue weighted by atomic mass is 127. The van der Waals surface area contributed by atoms with Crippen LogP contribution in [0.4, 0.5) is 5.69 Å². The summed E-state index contributed by atoms with van der Waals surface area (Å²) in [7, 11) is 0. The van der Waals surface area contributed by atoms with E-state index in [4.69, 9.17) is 10.5 Å². The second-order valence-corrected chi connectivity index (χ2v) is 7.15. The maximum Gasteiger partial charge on any atom is 0.225 e. The molecule has 8 nitrogen and oxygen atoms in total. The minimum absolute atomic E-state index is 0. The molecule has 0 saturated carbocycles. The van der Waals surface area contributed by atoms with Crippen molar-refractivity contribution in [1.29, 1.82) is 0 Å². The SMILES string of the molecule is I.NC(=NCc1cccc(NC(=O)CCN2CCOCC2)c1)NCCc1ccccn1. The summed E-state index contributed by atoms with van der Waals surface area (Å²) in [5.41, 5.74) is 8.72. The normalized spacial score (nSPS) is 14.5. The zero-order valence-corrected chi connectivity index (χ0v) is 20.0. The zero-order chi connectivity index (χ0) is 21.0. The van der Waals surface area contributed by atoms with Crippen LogP contribution in [0.5, 0.6) is 0 Å². The molecule has 1 aliphatic heterocycles. The minimum atomic E-state index is 0. The number of aromatic nitrogens is 1. The topological polar surface area (TPSA) is 105 Å². The third kappa shape index (κ3) is 9.62. The number of nitrogens with two attached hydrogens (primary N) is 1. The summed E-state index contributed by atoms with van der Waals surface area (Å²) in [6.45, 7) is 5.12. The van der Waals surface area contributed by atoms with Gasteiger partial charge in [0.05, 0.1) is 19.8 Å². The van der Waals surface area contributed by atoms with Gasteiger partial charge in [0.2, 0.25) is 5.91 Å². The fourth-order valence-corrected chi connectivity index (χ4v) is 3.15. The molecule has 4 N–H and O–H groups in total. The summed E-state index contributed by atoms with van der Waals surface area (Å²) in [5, 5.41) is 6.06. The van der Waals surface area contributed by atoms with E-state index in [2.05, 4.69) is 25.5 Å². The molecule has 168 valence electrons. The van der Waals surface area contributed by atoms with Crippen LogP contribution in [0.1, 0.15) is 17.7 Å². The Morgan fingerprint density at radius 3 is 2.81 bits per heavy atom. The average Bonchev–Trinajstić information content (AvgIpc) is 2.78. The van der Waals surface area contributed by atoms with E-state index in [0.717, 1.165) is 56.2 Å². The number of anilines is 1. The van der Waals surface area contributed by atoms with Crippen molar-refractivity contribution in [3.8, 4) is 0 Å². The molecule has 2 aromatic rings. The lowest BCUT2D eigenvalue weighted by atomic mass is 10.2. The van der Waals surface area contributed by atoms with Crippen molar-refractivity contribution >= 4 is 41.5 Å². The number of nitrogens with zero attached hydrogens (tertiary/aromatic N) is 3. The van der Waals surface area contributed by atoms with Crippen LogP contribution in [0.3, 0.4) is 0 Å². The van der Waals surface area contributed by atoms with Gasteiger partial charge in [-0.1, -0.05) is 18.2 Å². The predicted octanol–water partition coefficient (Wildman–Crippen LogP) is 2.01. The number of benzene rings is 1. The number of morpholine rings is 1. The van der Waals surface area contributed by atoms with Gasteiger partial charge in [-0.2, -0.15) is 0 Å². The largest absolute Gasteiger partial charge is 0.379 e. The first-order valence-corrected chi connectivity index (χ1v) is 10.3. The number of carbonyl (C=O) groups is 1. The van der Waals surface area contributed by atoms with Gasteiger partial charge in [0, 0.05) is 56.6 Å². The summed E-state index contributed by atoms with van der Waals surface area (Å²) >= 11 is 0. The first kappa shape index (κ1) is 25.0. The molecular formula is C22H31IN6O2. The number of amides is 1. The number of halogens is 1. The molecule has 0 bridgehead atoms. The summed E-state index contributed by atoms with van der Waals surface area (Å²) in [6.07, 6.45) is 3.03. The van der Waals surface area contributed by atoms with Crippen molar-refractivity contribution in [3.05, 3.63) is 59.9 Å². The van der Waals surface area contributed by atoms with E-state index in [0.29, 0.717) is 25.5 Å². The Bertz CT molecular complexity index is 828. The van der Waals surface area contributed by atoms with Crippen molar-refractivity contribution < 1.29 is 9.53 Å². The van der Waals surface area contributed by atoms with Gasteiger partial charge in [-0.05, 0) is 29.8 Å². The smallest absolute Gasteiger partial charge is 0.225 e. The molecule has 3 rings (SSSR count). The Labute approximate surface area is 200 Å². The van der Waals surface area contributed by atoms with E-state index in [9.17, 15) is 4.79 Å². The van der Waals surface area contributed by atoms with Crippen LogP contribution in [-0.2, 0) is 22.5 Å². The van der Waals surface area contributed by atoms with Gasteiger partial charge in [0.25, 0.3) is 0 Å². The van der Waals surface area contributed by atoms with Crippen molar-refractivity contribution in [2.45, 2.75) is 19.4 Å². The quantitative estimate of drug-likeness (QED) is 0.257. The van der Waals surface area contributed by atoms with Crippen LogP contribution in [0.25, 0.3) is 0 Å². The Hall–Kier alpha value is -2.24. The minimum Gasteiger partial charge on any atom is -0.379 e. The third-order valence-corrected chi connectivity index (χ3v) is 4.81. The van der Waals surface area contributed by atoms with Crippen molar-refractivity contribution in [1.82, 2.24) is 15.2 Å². The number of rotatable bonds is 9. The molecule has 0 spiro atoms. The standard InChI is InChI=1S/C22H30N6O2.HI/c23-22(25-10-7-19-5-1-2-9-24-19)26-17-18-4-3-6-20(16-18)27-21(29)8-11-28-12-14-30-15-13-28;/h1-6,9,16H,7-8,10-15,17H2,(H,27,29)(H3,23,25,26);1H. The molecule has 1 aliphatic rings. The van der Waals surface area contributed by atoms with Gasteiger partial charge in [0.1, 0.15) is 0 Å². The van der Waals surface area contributed by atoms with Crippen LogP contribution in [0.15, 0.2) is 53.7 Å². The fourth-order valence-electron chi connectivity index (χ4n) is 3.15. The third-order valence-electron chi connectivity index (χ3n) is 4.81. The molecule has 0 atom stereocenters. The highest BCUT2D eigenvalue weighted by molar-refractivity contribution is 14.0. The molecule has 1 aromatic heterocycles. The number of pyridine rings is 1. The molecule has 1 saturated heterocycles. The molecule has 1 aromatic carbocycles. The van der Waals surface area contributed by atoms with Crippen molar-refractivity contribution in [2.24, 2.45) is 10.7 Å². The van der Waals surface area contributed by atoms with Crippen molar-refractivity contribution in [2.75, 3.05) is 44.7 Å². The lowest BCUT2D eigenvalue weighted by Crippen LogP contribution is -2.38. The highest BCUT2D eigenvalue weighted by Gasteiger charge is 2.12. The summed E-state index contributed by atoms with van der Waals surface area (Å²) < 4.78 is 5.33. The van der Waals surface area contributed by atoms with Gasteiger partial charge >= 0.3 is 0 Å². The van der Waals surface area contributed by atoms with E-state index < -0.39 is 0 Å². The number of nitrogens with one attached hydrogen (secondary N) is 2. The first-order chi connectivity index (χ1) is 14.7. The Balaban J connectivity index is 0.00000341. The van der Waals surface area contributed by atoms with E-state index in [1.165, 1.54) is 0 Å². The number of guanidine groups is 1. The van der Waals surface area contributed by atoms with Crippen LogP contribution in [0.2, 0.25) is 0 Å². The Morgan fingerprint density at radius 2 is 2.03 bits per heavy atom. The average molecular weight is 538 g/mol. The van der Waals surface area contributed by atoms with Gasteiger partial charge in [0.15, 0.2) is 5.96 Å². The van der Waals surface area contributed by atoms with E-state index in [1.54, 1.807) is 6.20 Å². The number of hydrogen-bond acceptors (Lipinski definition) is 5. The molecule has 0 aliphatic carbocycles. The Morgan fingerprint density at radius 1 is 1.19 bits per heavy atom. The Kier molecular flexibility index (Phi) is 11.3. The molecule has 0 radical (unpaired) electrons.